The minimum absolute atomic E-state index is 0.216. The van der Waals surface area contributed by atoms with Gasteiger partial charge >= 0.3 is 0 Å². The Hall–Kier alpha value is -2.61. The van der Waals surface area contributed by atoms with Gasteiger partial charge in [0.2, 0.25) is 0 Å². The standard InChI is InChI=1S/C17H19N3O4S/c1-23-13-6-3-10(7-14(13)24-2)8-18-15(21)12-9-25-17(20-12)16(22)19-11-4-5-11/h3,6-7,9,11H,4-5,8H2,1-2H3,(H,18,21)(H,19,22). The number of nitrogens with one attached hydrogen (secondary N) is 2. The third-order valence-corrected chi connectivity index (χ3v) is 4.59. The lowest BCUT2D eigenvalue weighted by molar-refractivity contribution is 0.0945. The average Bonchev–Trinajstić information content (AvgIpc) is 3.30. The molecule has 1 saturated carbocycles. The number of carbonyl (C=O) groups excluding carboxylic acids is 2. The summed E-state index contributed by atoms with van der Waals surface area (Å²) in [6, 6.07) is 5.69. The molecule has 1 fully saturated rings. The Morgan fingerprint density at radius 1 is 1.20 bits per heavy atom. The Bertz CT molecular complexity index is 786. The number of aromatic nitrogens is 1. The Kier molecular flexibility index (Phi) is 5.18. The Morgan fingerprint density at radius 3 is 2.64 bits per heavy atom. The monoisotopic (exact) mass is 361 g/mol. The molecule has 1 heterocycles. The van der Waals surface area contributed by atoms with Gasteiger partial charge in [0, 0.05) is 18.0 Å². The zero-order chi connectivity index (χ0) is 17.8. The van der Waals surface area contributed by atoms with Crippen LogP contribution in [0.25, 0.3) is 0 Å². The minimum Gasteiger partial charge on any atom is -0.493 e. The summed E-state index contributed by atoms with van der Waals surface area (Å²) in [7, 11) is 3.13. The first-order valence-corrected chi connectivity index (χ1v) is 8.74. The molecular formula is C17H19N3O4S. The number of hydrogen-bond donors (Lipinski definition) is 2. The van der Waals surface area contributed by atoms with Gasteiger partial charge in [-0.1, -0.05) is 6.07 Å². The highest BCUT2D eigenvalue weighted by molar-refractivity contribution is 7.11. The SMILES string of the molecule is COc1ccc(CNC(=O)c2csc(C(=O)NC3CC3)n2)cc1OC. The number of methoxy groups -OCH3 is 2. The van der Waals surface area contributed by atoms with E-state index < -0.39 is 0 Å². The predicted octanol–water partition coefficient (Wildman–Crippen LogP) is 1.98. The normalized spacial score (nSPS) is 13.2. The lowest BCUT2D eigenvalue weighted by Gasteiger charge is -2.10. The first-order chi connectivity index (χ1) is 12.1. The van der Waals surface area contributed by atoms with E-state index in [1.165, 1.54) is 11.3 Å². The van der Waals surface area contributed by atoms with Gasteiger partial charge in [0.05, 0.1) is 14.2 Å². The van der Waals surface area contributed by atoms with Crippen molar-refractivity contribution in [3.63, 3.8) is 0 Å². The quantitative estimate of drug-likeness (QED) is 0.787. The van der Waals surface area contributed by atoms with E-state index in [4.69, 9.17) is 9.47 Å². The summed E-state index contributed by atoms with van der Waals surface area (Å²) in [4.78, 5) is 28.2. The Morgan fingerprint density at radius 2 is 1.96 bits per heavy atom. The molecule has 132 valence electrons. The number of benzene rings is 1. The van der Waals surface area contributed by atoms with Gasteiger partial charge in [-0.25, -0.2) is 4.98 Å². The predicted molar refractivity (Wildman–Crippen MR) is 93.3 cm³/mol. The Labute approximate surface area is 149 Å². The van der Waals surface area contributed by atoms with Gasteiger partial charge in [-0.2, -0.15) is 0 Å². The molecule has 1 aromatic carbocycles. The molecule has 1 aromatic heterocycles. The summed E-state index contributed by atoms with van der Waals surface area (Å²) >= 11 is 1.17. The summed E-state index contributed by atoms with van der Waals surface area (Å²) in [6.45, 7) is 0.320. The van der Waals surface area contributed by atoms with E-state index in [2.05, 4.69) is 15.6 Å². The van der Waals surface area contributed by atoms with Crippen LogP contribution in [-0.2, 0) is 6.54 Å². The zero-order valence-electron chi connectivity index (χ0n) is 14.0. The summed E-state index contributed by atoms with van der Waals surface area (Å²) in [5, 5.41) is 7.54. The summed E-state index contributed by atoms with van der Waals surface area (Å²) < 4.78 is 10.4. The number of thiazole rings is 1. The van der Waals surface area contributed by atoms with Crippen LogP contribution >= 0.6 is 11.3 Å². The van der Waals surface area contributed by atoms with Crippen molar-refractivity contribution in [1.29, 1.82) is 0 Å². The van der Waals surface area contributed by atoms with Gasteiger partial charge < -0.3 is 20.1 Å². The third-order valence-electron chi connectivity index (χ3n) is 3.74. The van der Waals surface area contributed by atoms with Gasteiger partial charge in [0.1, 0.15) is 5.69 Å². The molecular weight excluding hydrogens is 342 g/mol. The second kappa shape index (κ2) is 7.52. The highest BCUT2D eigenvalue weighted by Crippen LogP contribution is 2.27. The highest BCUT2D eigenvalue weighted by atomic mass is 32.1. The van der Waals surface area contributed by atoms with Gasteiger partial charge in [-0.05, 0) is 30.5 Å². The summed E-state index contributed by atoms with van der Waals surface area (Å²) in [5.41, 5.74) is 1.11. The van der Waals surface area contributed by atoms with Gasteiger partial charge in [-0.15, -0.1) is 11.3 Å². The molecule has 0 radical (unpaired) electrons. The van der Waals surface area contributed by atoms with Crippen LogP contribution < -0.4 is 20.1 Å². The molecule has 8 heteroatoms. The van der Waals surface area contributed by atoms with Crippen LogP contribution in [0, 0.1) is 0 Å². The van der Waals surface area contributed by atoms with Crippen molar-refractivity contribution in [1.82, 2.24) is 15.6 Å². The van der Waals surface area contributed by atoms with Crippen molar-refractivity contribution in [2.45, 2.75) is 25.4 Å². The van der Waals surface area contributed by atoms with Gasteiger partial charge in [-0.3, -0.25) is 9.59 Å². The van der Waals surface area contributed by atoms with Gasteiger partial charge in [0.15, 0.2) is 16.5 Å². The van der Waals surface area contributed by atoms with E-state index in [0.29, 0.717) is 23.1 Å². The second-order valence-corrected chi connectivity index (χ2v) is 6.52. The summed E-state index contributed by atoms with van der Waals surface area (Å²) in [5.74, 6) is 0.688. The molecule has 2 N–H and O–H groups in total. The van der Waals surface area contributed by atoms with Crippen molar-refractivity contribution in [3.05, 3.63) is 39.8 Å². The van der Waals surface area contributed by atoms with E-state index >= 15 is 0 Å². The van der Waals surface area contributed by atoms with Crippen LogP contribution in [-0.4, -0.2) is 37.1 Å². The van der Waals surface area contributed by atoms with Crippen molar-refractivity contribution in [3.8, 4) is 11.5 Å². The topological polar surface area (TPSA) is 89.5 Å². The molecule has 0 atom stereocenters. The summed E-state index contributed by atoms with van der Waals surface area (Å²) in [6.07, 6.45) is 2.02. The smallest absolute Gasteiger partial charge is 0.280 e. The van der Waals surface area contributed by atoms with E-state index in [0.717, 1.165) is 18.4 Å². The van der Waals surface area contributed by atoms with Crippen LogP contribution in [0.1, 0.15) is 38.7 Å². The zero-order valence-corrected chi connectivity index (χ0v) is 14.8. The molecule has 7 nitrogen and oxygen atoms in total. The number of hydrogen-bond acceptors (Lipinski definition) is 6. The molecule has 25 heavy (non-hydrogen) atoms. The molecule has 0 bridgehead atoms. The van der Waals surface area contributed by atoms with Crippen LogP contribution in [0.3, 0.4) is 0 Å². The molecule has 1 aliphatic rings. The number of nitrogens with zero attached hydrogens (tertiary/aromatic N) is 1. The van der Waals surface area contributed by atoms with Gasteiger partial charge in [0.25, 0.3) is 11.8 Å². The number of amides is 2. The molecule has 3 rings (SSSR count). The molecule has 0 unspecified atom stereocenters. The van der Waals surface area contributed by atoms with E-state index in [1.54, 1.807) is 31.7 Å². The third kappa shape index (κ3) is 4.27. The number of carbonyl (C=O) groups is 2. The molecule has 2 amide bonds. The average molecular weight is 361 g/mol. The molecule has 1 aliphatic carbocycles. The van der Waals surface area contributed by atoms with Crippen LogP contribution in [0.5, 0.6) is 11.5 Å². The molecule has 2 aromatic rings. The van der Waals surface area contributed by atoms with Crippen molar-refractivity contribution >= 4 is 23.2 Å². The van der Waals surface area contributed by atoms with Crippen molar-refractivity contribution in [2.75, 3.05) is 14.2 Å². The Balaban J connectivity index is 1.59. The fourth-order valence-electron chi connectivity index (χ4n) is 2.22. The van der Waals surface area contributed by atoms with Crippen LogP contribution in [0.4, 0.5) is 0 Å². The number of ether oxygens (including phenoxy) is 2. The molecule has 0 spiro atoms. The van der Waals surface area contributed by atoms with E-state index in [9.17, 15) is 9.59 Å². The fraction of sp³-hybridized carbons (Fsp3) is 0.353. The fourth-order valence-corrected chi connectivity index (χ4v) is 2.92. The number of rotatable bonds is 7. The van der Waals surface area contributed by atoms with E-state index in [-0.39, 0.29) is 23.6 Å². The van der Waals surface area contributed by atoms with Crippen molar-refractivity contribution in [2.24, 2.45) is 0 Å². The van der Waals surface area contributed by atoms with Crippen LogP contribution in [0.2, 0.25) is 0 Å². The molecule has 0 aliphatic heterocycles. The minimum atomic E-state index is -0.323. The molecule has 0 saturated heterocycles. The maximum atomic E-state index is 12.2. The van der Waals surface area contributed by atoms with Crippen LogP contribution in [0.15, 0.2) is 23.6 Å². The lowest BCUT2D eigenvalue weighted by Crippen LogP contribution is -2.26. The second-order valence-electron chi connectivity index (χ2n) is 5.66. The first-order valence-electron chi connectivity index (χ1n) is 7.86. The lowest BCUT2D eigenvalue weighted by atomic mass is 10.2. The maximum absolute atomic E-state index is 12.2. The maximum Gasteiger partial charge on any atom is 0.280 e. The largest absolute Gasteiger partial charge is 0.493 e. The van der Waals surface area contributed by atoms with E-state index in [1.807, 2.05) is 6.07 Å². The highest BCUT2D eigenvalue weighted by Gasteiger charge is 2.25. The van der Waals surface area contributed by atoms with Crippen molar-refractivity contribution < 1.29 is 19.1 Å². The first kappa shape index (κ1) is 17.2.